The van der Waals surface area contributed by atoms with Crippen LogP contribution in [0.4, 0.5) is 0 Å². The number of hydrogen-bond acceptors (Lipinski definition) is 6. The number of fused-ring (bicyclic) bond motifs is 1. The van der Waals surface area contributed by atoms with Gasteiger partial charge in [-0.15, -0.1) is 11.3 Å². The number of piperidine rings is 1. The van der Waals surface area contributed by atoms with Gasteiger partial charge in [-0.1, -0.05) is 0 Å². The number of thiophene rings is 1. The molecule has 168 valence electrons. The summed E-state index contributed by atoms with van der Waals surface area (Å²) < 4.78 is 38.7. The molecule has 1 unspecified atom stereocenters. The van der Waals surface area contributed by atoms with Crippen LogP contribution in [-0.2, 0) is 27.8 Å². The average molecular weight is 465 g/mol. The Hall–Kier alpha value is -2.10. The van der Waals surface area contributed by atoms with E-state index in [1.165, 1.54) is 15.6 Å². The molecule has 0 saturated carbocycles. The summed E-state index contributed by atoms with van der Waals surface area (Å²) in [6.45, 7) is 3.72. The number of benzene rings is 1. The first-order valence-electron chi connectivity index (χ1n) is 10.4. The summed E-state index contributed by atoms with van der Waals surface area (Å²) in [4.78, 5) is 16.1. The van der Waals surface area contributed by atoms with Crippen LogP contribution in [0, 0.1) is 12.8 Å². The number of nitrogens with zero attached hydrogens (tertiary/aromatic N) is 2. The molecule has 0 bridgehead atoms. The number of methoxy groups -OCH3 is 2. The van der Waals surface area contributed by atoms with Gasteiger partial charge in [0.05, 0.1) is 20.1 Å². The highest BCUT2D eigenvalue weighted by Gasteiger charge is 2.36. The van der Waals surface area contributed by atoms with Crippen LogP contribution in [0.1, 0.15) is 28.8 Å². The van der Waals surface area contributed by atoms with Crippen molar-refractivity contribution in [3.63, 3.8) is 0 Å². The third kappa shape index (κ3) is 4.31. The number of carbonyl (C=O) groups excluding carboxylic acids is 1. The smallest absolute Gasteiger partial charge is 0.252 e. The summed E-state index contributed by atoms with van der Waals surface area (Å²) in [6.07, 6.45) is 2.14. The lowest BCUT2D eigenvalue weighted by Gasteiger charge is -2.36. The molecule has 1 aromatic carbocycles. The molecule has 9 heteroatoms. The molecule has 2 aliphatic rings. The summed E-state index contributed by atoms with van der Waals surface area (Å²) in [7, 11) is -0.339. The van der Waals surface area contributed by atoms with Crippen molar-refractivity contribution in [2.45, 2.75) is 36.9 Å². The van der Waals surface area contributed by atoms with Crippen molar-refractivity contribution in [2.24, 2.45) is 5.92 Å². The quantitative estimate of drug-likeness (QED) is 0.680. The summed E-state index contributed by atoms with van der Waals surface area (Å²) in [5, 5.41) is 0. The van der Waals surface area contributed by atoms with E-state index in [4.69, 9.17) is 9.47 Å². The third-order valence-electron chi connectivity index (χ3n) is 6.07. The molecule has 0 aliphatic carbocycles. The number of rotatable bonds is 5. The highest BCUT2D eigenvalue weighted by Crippen LogP contribution is 2.34. The van der Waals surface area contributed by atoms with E-state index in [0.717, 1.165) is 22.4 Å². The van der Waals surface area contributed by atoms with E-state index in [1.807, 2.05) is 30.0 Å². The van der Waals surface area contributed by atoms with E-state index in [0.29, 0.717) is 48.2 Å². The standard InChI is InChI=1S/C22H28N2O5S2/c1-15-6-7-21(30-15)31(26,27)24-9-4-5-17(14-24)22(25)23-10-8-16-11-19(28-2)20(29-3)12-18(16)13-23/h6-7,11-12,17H,4-5,8-10,13-14H2,1-3H3. The lowest BCUT2D eigenvalue weighted by Crippen LogP contribution is -2.47. The van der Waals surface area contributed by atoms with Gasteiger partial charge in [0, 0.05) is 31.1 Å². The summed E-state index contributed by atoms with van der Waals surface area (Å²) in [5.74, 6) is 1.06. The van der Waals surface area contributed by atoms with Gasteiger partial charge in [0.25, 0.3) is 10.0 Å². The average Bonchev–Trinajstić information content (AvgIpc) is 3.24. The molecule has 2 aliphatic heterocycles. The van der Waals surface area contributed by atoms with Crippen molar-refractivity contribution < 1.29 is 22.7 Å². The van der Waals surface area contributed by atoms with Crippen molar-refractivity contribution in [1.29, 1.82) is 0 Å². The Balaban J connectivity index is 1.49. The van der Waals surface area contributed by atoms with Crippen LogP contribution in [0.25, 0.3) is 0 Å². The fraction of sp³-hybridized carbons (Fsp3) is 0.500. The minimum absolute atomic E-state index is 0.0303. The number of amides is 1. The predicted octanol–water partition coefficient (Wildman–Crippen LogP) is 3.06. The Morgan fingerprint density at radius 1 is 1.10 bits per heavy atom. The zero-order chi connectivity index (χ0) is 22.2. The Kier molecular flexibility index (Phi) is 6.27. The minimum Gasteiger partial charge on any atom is -0.493 e. The molecule has 1 amide bonds. The molecule has 0 spiro atoms. The monoisotopic (exact) mass is 464 g/mol. The first-order chi connectivity index (χ1) is 14.8. The van der Waals surface area contributed by atoms with Crippen molar-refractivity contribution in [2.75, 3.05) is 33.9 Å². The van der Waals surface area contributed by atoms with E-state index in [2.05, 4.69) is 0 Å². The molecule has 1 fully saturated rings. The zero-order valence-electron chi connectivity index (χ0n) is 18.1. The van der Waals surface area contributed by atoms with Gasteiger partial charge >= 0.3 is 0 Å². The topological polar surface area (TPSA) is 76.2 Å². The molecule has 0 radical (unpaired) electrons. The second kappa shape index (κ2) is 8.80. The van der Waals surface area contributed by atoms with Gasteiger partial charge in [0.1, 0.15) is 4.21 Å². The number of sulfonamides is 1. The number of hydrogen-bond donors (Lipinski definition) is 0. The van der Waals surface area contributed by atoms with Gasteiger partial charge < -0.3 is 14.4 Å². The van der Waals surface area contributed by atoms with Crippen LogP contribution in [0.5, 0.6) is 11.5 Å². The molecule has 4 rings (SSSR count). The van der Waals surface area contributed by atoms with Crippen LogP contribution < -0.4 is 9.47 Å². The summed E-state index contributed by atoms with van der Waals surface area (Å²) >= 11 is 1.28. The first kappa shape index (κ1) is 22.1. The van der Waals surface area contributed by atoms with Gasteiger partial charge in [0.2, 0.25) is 5.91 Å². The van der Waals surface area contributed by atoms with Crippen LogP contribution >= 0.6 is 11.3 Å². The first-order valence-corrected chi connectivity index (χ1v) is 12.7. The SMILES string of the molecule is COc1cc2c(cc1OC)CN(C(=O)C1CCCN(S(=O)(=O)c3ccc(C)s3)C1)CC2. The molecule has 1 saturated heterocycles. The fourth-order valence-corrected chi connectivity index (χ4v) is 7.33. The van der Waals surface area contributed by atoms with E-state index in [1.54, 1.807) is 20.3 Å². The Morgan fingerprint density at radius 2 is 1.81 bits per heavy atom. The van der Waals surface area contributed by atoms with Crippen LogP contribution in [0.2, 0.25) is 0 Å². The molecule has 31 heavy (non-hydrogen) atoms. The van der Waals surface area contributed by atoms with E-state index in [-0.39, 0.29) is 18.4 Å². The van der Waals surface area contributed by atoms with Gasteiger partial charge in [0.15, 0.2) is 11.5 Å². The summed E-state index contributed by atoms with van der Waals surface area (Å²) in [6, 6.07) is 7.39. The second-order valence-corrected chi connectivity index (χ2v) is 11.5. The Bertz CT molecular complexity index is 1080. The Labute approximate surface area is 187 Å². The number of ether oxygens (including phenoxy) is 2. The number of aryl methyl sites for hydroxylation is 1. The molecule has 1 aromatic heterocycles. The van der Waals surface area contributed by atoms with Crippen molar-refractivity contribution >= 4 is 27.3 Å². The molecule has 0 N–H and O–H groups in total. The maximum Gasteiger partial charge on any atom is 0.252 e. The highest BCUT2D eigenvalue weighted by molar-refractivity contribution is 7.91. The van der Waals surface area contributed by atoms with E-state index < -0.39 is 10.0 Å². The predicted molar refractivity (Wildman–Crippen MR) is 119 cm³/mol. The minimum atomic E-state index is -3.55. The number of carbonyl (C=O) groups is 1. The van der Waals surface area contributed by atoms with E-state index in [9.17, 15) is 13.2 Å². The molecule has 7 nitrogen and oxygen atoms in total. The molecule has 1 atom stereocenters. The van der Waals surface area contributed by atoms with Crippen LogP contribution in [-0.4, -0.2) is 57.4 Å². The van der Waals surface area contributed by atoms with Gasteiger partial charge in [-0.05, 0) is 61.6 Å². The van der Waals surface area contributed by atoms with Gasteiger partial charge in [-0.3, -0.25) is 4.79 Å². The van der Waals surface area contributed by atoms with Crippen LogP contribution in [0.15, 0.2) is 28.5 Å². The maximum atomic E-state index is 13.3. The highest BCUT2D eigenvalue weighted by atomic mass is 32.2. The molecule has 3 heterocycles. The van der Waals surface area contributed by atoms with E-state index >= 15 is 0 Å². The maximum absolute atomic E-state index is 13.3. The Morgan fingerprint density at radius 3 is 2.45 bits per heavy atom. The summed E-state index contributed by atoms with van der Waals surface area (Å²) in [5.41, 5.74) is 2.20. The molecular formula is C22H28N2O5S2. The third-order valence-corrected chi connectivity index (χ3v) is 9.41. The van der Waals surface area contributed by atoms with Gasteiger partial charge in [-0.25, -0.2) is 8.42 Å². The second-order valence-electron chi connectivity index (χ2n) is 8.05. The molecule has 2 aromatic rings. The van der Waals surface area contributed by atoms with Crippen LogP contribution in [0.3, 0.4) is 0 Å². The largest absolute Gasteiger partial charge is 0.493 e. The van der Waals surface area contributed by atoms with Crippen molar-refractivity contribution in [1.82, 2.24) is 9.21 Å². The normalized spacial score (nSPS) is 19.7. The lowest BCUT2D eigenvalue weighted by atomic mass is 9.94. The van der Waals surface area contributed by atoms with Crippen molar-refractivity contribution in [3.05, 3.63) is 40.3 Å². The lowest BCUT2D eigenvalue weighted by molar-refractivity contribution is -0.137. The van der Waals surface area contributed by atoms with Gasteiger partial charge in [-0.2, -0.15) is 4.31 Å². The zero-order valence-corrected chi connectivity index (χ0v) is 19.7. The fourth-order valence-electron chi connectivity index (χ4n) is 4.37. The molecular weight excluding hydrogens is 436 g/mol. The van der Waals surface area contributed by atoms with Crippen molar-refractivity contribution in [3.8, 4) is 11.5 Å².